The van der Waals surface area contributed by atoms with E-state index in [1.54, 1.807) is 31.2 Å². The van der Waals surface area contributed by atoms with Gasteiger partial charge in [-0.05, 0) is 42.0 Å². The number of anilines is 2. The van der Waals surface area contributed by atoms with E-state index in [1.807, 2.05) is 42.5 Å². The predicted molar refractivity (Wildman–Crippen MR) is 110 cm³/mol. The number of nitrogens with one attached hydrogen (secondary N) is 1. The number of hydrogen-bond acceptors (Lipinski definition) is 4. The van der Waals surface area contributed by atoms with Gasteiger partial charge >= 0.3 is 0 Å². The van der Waals surface area contributed by atoms with Gasteiger partial charge in [-0.1, -0.05) is 42.5 Å². The molecule has 144 valence electrons. The van der Waals surface area contributed by atoms with Crippen molar-refractivity contribution in [2.45, 2.75) is 13.0 Å². The Kier molecular flexibility index (Phi) is 4.68. The standard InChI is InChI=1S/C21H20N2O4S/c1-2-28(25,26)23-14-20(27-19-10-6-5-9-18(19)23)21(24)22-17-12-11-15-7-3-4-8-16(15)13-17/h3-13,20H,2,14H2,1H3,(H,22,24)/t20-/m1/s1. The van der Waals surface area contributed by atoms with Gasteiger partial charge in [-0.25, -0.2) is 8.42 Å². The molecular weight excluding hydrogens is 376 g/mol. The summed E-state index contributed by atoms with van der Waals surface area (Å²) < 4.78 is 32.1. The molecule has 1 N–H and O–H groups in total. The third-order valence-electron chi connectivity index (χ3n) is 4.74. The van der Waals surface area contributed by atoms with Crippen molar-refractivity contribution < 1.29 is 17.9 Å². The van der Waals surface area contributed by atoms with Crippen LogP contribution in [0.4, 0.5) is 11.4 Å². The third kappa shape index (κ3) is 3.41. The number of ether oxygens (including phenoxy) is 1. The second-order valence-corrected chi connectivity index (χ2v) is 8.74. The van der Waals surface area contributed by atoms with Crippen molar-refractivity contribution in [3.63, 3.8) is 0 Å². The fourth-order valence-corrected chi connectivity index (χ4v) is 4.37. The van der Waals surface area contributed by atoms with Gasteiger partial charge in [0.15, 0.2) is 6.10 Å². The van der Waals surface area contributed by atoms with Crippen molar-refractivity contribution in [1.29, 1.82) is 0 Å². The Morgan fingerprint density at radius 2 is 1.79 bits per heavy atom. The van der Waals surface area contributed by atoms with Crippen LogP contribution in [0.2, 0.25) is 0 Å². The first-order valence-corrected chi connectivity index (χ1v) is 10.6. The van der Waals surface area contributed by atoms with Gasteiger partial charge in [0.25, 0.3) is 5.91 Å². The van der Waals surface area contributed by atoms with E-state index in [-0.39, 0.29) is 18.2 Å². The summed E-state index contributed by atoms with van der Waals surface area (Å²) in [7, 11) is -3.53. The van der Waals surface area contributed by atoms with Gasteiger partial charge in [0.05, 0.1) is 18.0 Å². The first-order chi connectivity index (χ1) is 13.5. The molecule has 6 nitrogen and oxygen atoms in total. The molecule has 3 aromatic carbocycles. The smallest absolute Gasteiger partial charge is 0.267 e. The summed E-state index contributed by atoms with van der Waals surface area (Å²) >= 11 is 0. The Bertz CT molecular complexity index is 1140. The average molecular weight is 396 g/mol. The maximum atomic E-state index is 12.8. The highest BCUT2D eigenvalue weighted by Gasteiger charge is 2.35. The minimum absolute atomic E-state index is 0.0552. The molecule has 0 fully saturated rings. The minimum atomic E-state index is -3.53. The Balaban J connectivity index is 1.60. The summed E-state index contributed by atoms with van der Waals surface area (Å²) in [5.74, 6) is -0.0640. The molecule has 1 atom stereocenters. The van der Waals surface area contributed by atoms with Crippen molar-refractivity contribution in [3.05, 3.63) is 66.7 Å². The fraction of sp³-hybridized carbons (Fsp3) is 0.190. The average Bonchev–Trinajstić information content (AvgIpc) is 2.72. The molecule has 0 unspecified atom stereocenters. The number of benzene rings is 3. The van der Waals surface area contributed by atoms with E-state index >= 15 is 0 Å². The van der Waals surface area contributed by atoms with Crippen LogP contribution in [-0.4, -0.2) is 32.7 Å². The van der Waals surface area contributed by atoms with Gasteiger partial charge < -0.3 is 10.1 Å². The van der Waals surface area contributed by atoms with E-state index in [9.17, 15) is 13.2 Å². The van der Waals surface area contributed by atoms with Crippen molar-refractivity contribution in [1.82, 2.24) is 0 Å². The van der Waals surface area contributed by atoms with Crippen LogP contribution in [0.1, 0.15) is 6.92 Å². The van der Waals surface area contributed by atoms with E-state index in [2.05, 4.69) is 5.32 Å². The summed E-state index contributed by atoms with van der Waals surface area (Å²) in [6.07, 6.45) is -0.942. The first-order valence-electron chi connectivity index (χ1n) is 9.04. The number of rotatable bonds is 4. The topological polar surface area (TPSA) is 75.7 Å². The van der Waals surface area contributed by atoms with Crippen molar-refractivity contribution in [2.24, 2.45) is 0 Å². The monoisotopic (exact) mass is 396 g/mol. The Labute approximate surface area is 163 Å². The number of hydrogen-bond donors (Lipinski definition) is 1. The lowest BCUT2D eigenvalue weighted by atomic mass is 10.1. The van der Waals surface area contributed by atoms with Crippen LogP contribution in [0.25, 0.3) is 10.8 Å². The van der Waals surface area contributed by atoms with Crippen LogP contribution in [0.3, 0.4) is 0 Å². The zero-order chi connectivity index (χ0) is 19.7. The zero-order valence-electron chi connectivity index (χ0n) is 15.3. The molecule has 28 heavy (non-hydrogen) atoms. The Hall–Kier alpha value is -3.06. The van der Waals surface area contributed by atoms with Gasteiger partial charge in [-0.3, -0.25) is 9.10 Å². The molecule has 0 radical (unpaired) electrons. The molecule has 1 amide bonds. The van der Waals surface area contributed by atoms with Gasteiger partial charge in [0, 0.05) is 5.69 Å². The van der Waals surface area contributed by atoms with Crippen LogP contribution < -0.4 is 14.4 Å². The molecule has 0 bridgehead atoms. The van der Waals surface area contributed by atoms with Gasteiger partial charge in [0.1, 0.15) is 5.75 Å². The van der Waals surface area contributed by atoms with Crippen molar-refractivity contribution in [2.75, 3.05) is 21.9 Å². The molecule has 0 aromatic heterocycles. The molecule has 3 aromatic rings. The molecule has 0 saturated carbocycles. The van der Waals surface area contributed by atoms with E-state index in [4.69, 9.17) is 4.74 Å². The highest BCUT2D eigenvalue weighted by atomic mass is 32.2. The van der Waals surface area contributed by atoms with Crippen LogP contribution in [0.15, 0.2) is 66.7 Å². The number of carbonyl (C=O) groups excluding carboxylic acids is 1. The minimum Gasteiger partial charge on any atom is -0.476 e. The van der Waals surface area contributed by atoms with E-state index in [1.165, 1.54) is 4.31 Å². The molecule has 0 saturated heterocycles. The fourth-order valence-electron chi connectivity index (χ4n) is 3.25. The highest BCUT2D eigenvalue weighted by Crippen LogP contribution is 2.35. The van der Waals surface area contributed by atoms with Gasteiger partial charge in [-0.2, -0.15) is 0 Å². The highest BCUT2D eigenvalue weighted by molar-refractivity contribution is 7.92. The summed E-state index contributed by atoms with van der Waals surface area (Å²) in [6.45, 7) is 1.52. The lowest BCUT2D eigenvalue weighted by Gasteiger charge is -2.34. The maximum absolute atomic E-state index is 12.8. The number of para-hydroxylation sites is 2. The molecule has 1 aliphatic heterocycles. The van der Waals surface area contributed by atoms with E-state index in [0.29, 0.717) is 17.1 Å². The largest absolute Gasteiger partial charge is 0.476 e. The lowest BCUT2D eigenvalue weighted by Crippen LogP contribution is -2.49. The molecule has 1 heterocycles. The van der Waals surface area contributed by atoms with Crippen molar-refractivity contribution >= 4 is 38.1 Å². The van der Waals surface area contributed by atoms with Crippen LogP contribution in [0, 0.1) is 0 Å². The Morgan fingerprint density at radius 1 is 1.07 bits per heavy atom. The normalized spacial score (nSPS) is 16.3. The van der Waals surface area contributed by atoms with E-state index < -0.39 is 16.1 Å². The first kappa shape index (κ1) is 18.3. The molecule has 1 aliphatic rings. The summed E-state index contributed by atoms with van der Waals surface area (Å²) in [5, 5.41) is 4.92. The summed E-state index contributed by atoms with van der Waals surface area (Å²) in [4.78, 5) is 12.8. The molecule has 7 heteroatoms. The van der Waals surface area contributed by atoms with E-state index in [0.717, 1.165) is 10.8 Å². The lowest BCUT2D eigenvalue weighted by molar-refractivity contribution is -0.122. The number of carbonyl (C=O) groups is 1. The Morgan fingerprint density at radius 3 is 2.57 bits per heavy atom. The molecular formula is C21H20N2O4S. The van der Waals surface area contributed by atoms with Crippen molar-refractivity contribution in [3.8, 4) is 5.75 Å². The number of nitrogens with zero attached hydrogens (tertiary/aromatic N) is 1. The van der Waals surface area contributed by atoms with Crippen LogP contribution in [0.5, 0.6) is 5.75 Å². The second-order valence-electron chi connectivity index (χ2n) is 6.56. The quantitative estimate of drug-likeness (QED) is 0.733. The number of sulfonamides is 1. The molecule has 0 aliphatic carbocycles. The predicted octanol–water partition coefficient (Wildman–Crippen LogP) is 3.40. The number of amides is 1. The molecule has 0 spiro atoms. The van der Waals surface area contributed by atoms with Gasteiger partial charge in [0.2, 0.25) is 10.0 Å². The maximum Gasteiger partial charge on any atom is 0.267 e. The zero-order valence-corrected chi connectivity index (χ0v) is 16.1. The van der Waals surface area contributed by atoms with Gasteiger partial charge in [-0.15, -0.1) is 0 Å². The summed E-state index contributed by atoms with van der Waals surface area (Å²) in [6, 6.07) is 20.3. The SMILES string of the molecule is CCS(=O)(=O)N1C[C@H](C(=O)Nc2ccc3ccccc3c2)Oc2ccccc21. The second kappa shape index (κ2) is 7.16. The molecule has 4 rings (SSSR count). The van der Waals surface area contributed by atoms with Crippen LogP contribution >= 0.6 is 0 Å². The van der Waals surface area contributed by atoms with Crippen LogP contribution in [-0.2, 0) is 14.8 Å². The summed E-state index contributed by atoms with van der Waals surface area (Å²) in [5.41, 5.74) is 1.09. The third-order valence-corrected chi connectivity index (χ3v) is 6.49. The number of fused-ring (bicyclic) bond motifs is 2.